The van der Waals surface area contributed by atoms with Crippen molar-refractivity contribution >= 4 is 11.6 Å². The average molecular weight is 385 g/mol. The lowest BCUT2D eigenvalue weighted by molar-refractivity contribution is -0.141. The smallest absolute Gasteiger partial charge is 0.270 e. The summed E-state index contributed by atoms with van der Waals surface area (Å²) < 4.78 is 45.0. The molecule has 0 bridgehead atoms. The van der Waals surface area contributed by atoms with Crippen LogP contribution in [-0.4, -0.2) is 81.4 Å². The first-order valence-electron chi connectivity index (χ1n) is 9.79. The molecule has 1 amide bonds. The minimum absolute atomic E-state index is 0.0718. The van der Waals surface area contributed by atoms with Gasteiger partial charge in [0.2, 0.25) is 5.88 Å². The Bertz CT molecular complexity index is 739. The highest BCUT2D eigenvalue weighted by atomic mass is 19.1. The molecule has 0 aromatic carbocycles. The molecule has 0 radical (unpaired) electrons. The predicted molar refractivity (Wildman–Crippen MR) is 96.0 cm³/mol. The number of nitrogens with one attached hydrogen (secondary N) is 1. The number of pyridine rings is 1. The molecule has 1 aromatic rings. The second-order valence-corrected chi connectivity index (χ2v) is 7.00. The van der Waals surface area contributed by atoms with Crippen LogP contribution in [0.3, 0.4) is 0 Å². The van der Waals surface area contributed by atoms with Crippen LogP contribution in [-0.2, 0) is 9.47 Å². The van der Waals surface area contributed by atoms with E-state index in [1.807, 2.05) is 4.90 Å². The van der Waals surface area contributed by atoms with Crippen molar-refractivity contribution in [1.29, 1.82) is 0 Å². The number of carbonyl (C=O) groups excluding carboxylic acids is 1. The zero-order valence-corrected chi connectivity index (χ0v) is 15.4. The van der Waals surface area contributed by atoms with Gasteiger partial charge in [-0.05, 0) is 19.1 Å². The molecule has 8 nitrogen and oxygen atoms in total. The van der Waals surface area contributed by atoms with Gasteiger partial charge < -0.3 is 29.5 Å². The summed E-state index contributed by atoms with van der Waals surface area (Å²) in [6, 6.07) is 2.78. The van der Waals surface area contributed by atoms with Gasteiger partial charge in [0, 0.05) is 26.2 Å². The number of nitrogens with zero attached hydrogens (tertiary/aromatic N) is 2. The van der Waals surface area contributed by atoms with Crippen molar-refractivity contribution in [2.24, 2.45) is 5.41 Å². The van der Waals surface area contributed by atoms with Crippen LogP contribution in [0.2, 0.25) is 0 Å². The molecule has 1 aromatic heterocycles. The monoisotopic (exact) mass is 385 g/mol. The van der Waals surface area contributed by atoms with Crippen molar-refractivity contribution in [2.45, 2.75) is 19.1 Å². The third-order valence-electron chi connectivity index (χ3n) is 4.69. The lowest BCUT2D eigenvalue weighted by Crippen LogP contribution is -2.52. The van der Waals surface area contributed by atoms with Crippen LogP contribution >= 0.6 is 0 Å². The Morgan fingerprint density at radius 1 is 1.59 bits per heavy atom. The van der Waals surface area contributed by atoms with Gasteiger partial charge in [-0.25, -0.2) is 4.98 Å². The summed E-state index contributed by atoms with van der Waals surface area (Å²) in [5, 5.41) is 11.7. The van der Waals surface area contributed by atoms with E-state index in [9.17, 15) is 9.18 Å². The fourth-order valence-electron chi connectivity index (χ4n) is 2.75. The van der Waals surface area contributed by atoms with E-state index in [0.717, 1.165) is 0 Å². The van der Waals surface area contributed by atoms with E-state index in [1.165, 1.54) is 0 Å². The van der Waals surface area contributed by atoms with Crippen molar-refractivity contribution in [2.75, 3.05) is 58.2 Å². The van der Waals surface area contributed by atoms with Crippen LogP contribution in [0.1, 0.15) is 20.2 Å². The van der Waals surface area contributed by atoms with Crippen molar-refractivity contribution in [3.63, 3.8) is 0 Å². The highest BCUT2D eigenvalue weighted by molar-refractivity contribution is 5.93. The topological polar surface area (TPSA) is 93.2 Å². The summed E-state index contributed by atoms with van der Waals surface area (Å²) in [6.07, 6.45) is 0.0718. The van der Waals surface area contributed by atoms with Crippen molar-refractivity contribution in [3.05, 3.63) is 17.8 Å². The Balaban J connectivity index is 1.81. The van der Waals surface area contributed by atoms with Gasteiger partial charge in [0.1, 0.15) is 24.6 Å². The number of methoxy groups -OCH3 is 1. The van der Waals surface area contributed by atoms with Crippen LogP contribution in [0.4, 0.5) is 10.1 Å². The van der Waals surface area contributed by atoms with E-state index < -0.39 is 24.0 Å². The standard InChI is InChI=1S/C18H26FN3O5/c1-12(7-23)20-16(24)14-3-4-15(22-5-13(6-22)25-2)17(21-14)27-11-18(8-19)9-26-10-18/h3-4,12-13,23H,5-11H2,1-2H3,(H,20,24)/t12-/m0/s1/i8D2. The normalized spacial score (nSPS) is 21.4. The zero-order valence-electron chi connectivity index (χ0n) is 17.4. The first kappa shape index (κ1) is 17.2. The Morgan fingerprint density at radius 2 is 2.33 bits per heavy atom. The summed E-state index contributed by atoms with van der Waals surface area (Å²) in [5.74, 6) is -0.372. The number of anilines is 1. The Morgan fingerprint density at radius 3 is 2.89 bits per heavy atom. The molecule has 2 saturated heterocycles. The van der Waals surface area contributed by atoms with E-state index >= 15 is 0 Å². The summed E-state index contributed by atoms with van der Waals surface area (Å²) in [7, 11) is 1.62. The van der Waals surface area contributed by atoms with Crippen LogP contribution in [0.25, 0.3) is 0 Å². The van der Waals surface area contributed by atoms with Crippen molar-refractivity contribution in [1.82, 2.24) is 10.3 Å². The molecule has 2 fully saturated rings. The van der Waals surface area contributed by atoms with Gasteiger partial charge in [-0.1, -0.05) is 0 Å². The zero-order chi connectivity index (χ0) is 21.2. The number of alkyl halides is 1. The molecule has 2 aliphatic heterocycles. The highest BCUT2D eigenvalue weighted by Gasteiger charge is 2.40. The number of ether oxygens (including phenoxy) is 3. The number of rotatable bonds is 9. The third-order valence-corrected chi connectivity index (χ3v) is 4.69. The number of halogens is 1. The largest absolute Gasteiger partial charge is 0.475 e. The minimum Gasteiger partial charge on any atom is -0.475 e. The molecular formula is C18H26FN3O5. The van der Waals surface area contributed by atoms with E-state index in [4.69, 9.17) is 22.1 Å². The molecule has 0 spiro atoms. The Kier molecular flexibility index (Phi) is 5.31. The van der Waals surface area contributed by atoms with Gasteiger partial charge in [-0.2, -0.15) is 0 Å². The molecular weight excluding hydrogens is 357 g/mol. The number of aliphatic hydroxyl groups is 1. The van der Waals surface area contributed by atoms with Gasteiger partial charge in [-0.15, -0.1) is 0 Å². The quantitative estimate of drug-likeness (QED) is 0.635. The molecule has 150 valence electrons. The summed E-state index contributed by atoms with van der Waals surface area (Å²) in [4.78, 5) is 18.6. The molecule has 9 heteroatoms. The number of aromatic nitrogens is 1. The predicted octanol–water partition coefficient (Wildman–Crippen LogP) is 0.392. The molecule has 0 saturated carbocycles. The maximum atomic E-state index is 14.1. The highest BCUT2D eigenvalue weighted by Crippen LogP contribution is 2.34. The van der Waals surface area contributed by atoms with Gasteiger partial charge >= 0.3 is 0 Å². The fraction of sp³-hybridized carbons (Fsp3) is 0.667. The van der Waals surface area contributed by atoms with Gasteiger partial charge in [-0.3, -0.25) is 9.18 Å². The van der Waals surface area contributed by atoms with Crippen LogP contribution < -0.4 is 15.0 Å². The lowest BCUT2D eigenvalue weighted by atomic mass is 9.89. The van der Waals surface area contributed by atoms with Crippen LogP contribution in [0, 0.1) is 5.41 Å². The molecule has 1 atom stereocenters. The number of hydrogen-bond donors (Lipinski definition) is 2. The summed E-state index contributed by atoms with van der Waals surface area (Å²) in [5.41, 5.74) is -0.727. The second-order valence-electron chi connectivity index (χ2n) is 7.00. The molecule has 0 unspecified atom stereocenters. The fourth-order valence-corrected chi connectivity index (χ4v) is 2.75. The molecule has 0 aliphatic carbocycles. The minimum atomic E-state index is -2.98. The molecule has 27 heavy (non-hydrogen) atoms. The number of hydrogen-bond acceptors (Lipinski definition) is 7. The number of amides is 1. The second kappa shape index (κ2) is 8.37. The van der Waals surface area contributed by atoms with Crippen molar-refractivity contribution in [3.8, 4) is 5.88 Å². The first-order chi connectivity index (χ1) is 13.7. The molecule has 2 aliphatic rings. The van der Waals surface area contributed by atoms with E-state index in [1.54, 1.807) is 26.2 Å². The maximum absolute atomic E-state index is 14.1. The lowest BCUT2D eigenvalue weighted by Gasteiger charge is -2.41. The average Bonchev–Trinajstić information content (AvgIpc) is 2.59. The van der Waals surface area contributed by atoms with Crippen molar-refractivity contribution < 1.29 is 31.2 Å². The Labute approximate surface area is 160 Å². The van der Waals surface area contributed by atoms with Gasteiger partial charge in [0.05, 0.1) is 34.1 Å². The van der Waals surface area contributed by atoms with Gasteiger partial charge in [0.25, 0.3) is 5.91 Å². The summed E-state index contributed by atoms with van der Waals surface area (Å²) in [6.45, 7) is -0.804. The number of carbonyl (C=O) groups is 1. The van der Waals surface area contributed by atoms with E-state index in [-0.39, 0.29) is 44.1 Å². The SMILES string of the molecule is [2H]C([2H])(F)C1(COc2nc(C(=O)N[C@@H](C)CO)ccc2N2CC(OC)C2)COC1. The third kappa shape index (κ3) is 4.31. The van der Waals surface area contributed by atoms with Gasteiger partial charge in [0.15, 0.2) is 0 Å². The molecule has 3 rings (SSSR count). The molecule has 2 N–H and O–H groups in total. The first-order valence-corrected chi connectivity index (χ1v) is 8.79. The summed E-state index contributed by atoms with van der Waals surface area (Å²) >= 11 is 0. The number of aliphatic hydroxyl groups excluding tert-OH is 1. The van der Waals surface area contributed by atoms with Crippen LogP contribution in [0.5, 0.6) is 5.88 Å². The maximum Gasteiger partial charge on any atom is 0.270 e. The van der Waals surface area contributed by atoms with Crippen LogP contribution in [0.15, 0.2) is 12.1 Å². The van der Waals surface area contributed by atoms with E-state index in [2.05, 4.69) is 10.3 Å². The Hall–Kier alpha value is -1.97. The van der Waals surface area contributed by atoms with E-state index in [0.29, 0.717) is 18.8 Å². The molecule has 3 heterocycles.